The highest BCUT2D eigenvalue weighted by Crippen LogP contribution is 2.26. The first-order valence-corrected chi connectivity index (χ1v) is 8.73. The predicted octanol–water partition coefficient (Wildman–Crippen LogP) is 1.57. The molecule has 2 rings (SSSR count). The van der Waals surface area contributed by atoms with E-state index in [2.05, 4.69) is 0 Å². The second kappa shape index (κ2) is 6.64. The lowest BCUT2D eigenvalue weighted by Gasteiger charge is -2.33. The Morgan fingerprint density at radius 2 is 2.17 bits per heavy atom. The van der Waals surface area contributed by atoms with Crippen molar-refractivity contribution in [2.24, 2.45) is 11.8 Å². The summed E-state index contributed by atoms with van der Waals surface area (Å²) < 4.78 is 39.4. The molecule has 1 fully saturated rings. The monoisotopic (exact) mass is 340 g/mol. The van der Waals surface area contributed by atoms with Crippen LogP contribution in [0.2, 0.25) is 0 Å². The van der Waals surface area contributed by atoms with Crippen LogP contribution in [0.1, 0.15) is 24.5 Å². The van der Waals surface area contributed by atoms with Crippen molar-refractivity contribution in [2.75, 3.05) is 13.1 Å². The van der Waals surface area contributed by atoms with E-state index in [-0.39, 0.29) is 30.1 Å². The highest BCUT2D eigenvalue weighted by Gasteiger charge is 2.35. The standard InChI is InChI=1S/C15H17FN2O4S/c1-10-4-13(15(19)20)8-18(7-10)23(21,22)9-11-2-3-14(16)5-12(11)6-17/h2-3,5,10,13H,4,7-9H2,1H3,(H,19,20). The third-order valence-electron chi connectivity index (χ3n) is 3.90. The smallest absolute Gasteiger partial charge is 0.307 e. The average molecular weight is 340 g/mol. The molecule has 1 aromatic rings. The Balaban J connectivity index is 2.25. The fraction of sp³-hybridized carbons (Fsp3) is 0.467. The normalized spacial score (nSPS) is 22.5. The zero-order chi connectivity index (χ0) is 17.2. The van der Waals surface area contributed by atoms with Gasteiger partial charge in [0.1, 0.15) is 5.82 Å². The van der Waals surface area contributed by atoms with Crippen molar-refractivity contribution >= 4 is 16.0 Å². The SMILES string of the molecule is CC1CC(C(=O)O)CN(S(=O)(=O)Cc2ccc(F)cc2C#N)C1. The van der Waals surface area contributed by atoms with Gasteiger partial charge in [0.05, 0.1) is 23.3 Å². The lowest BCUT2D eigenvalue weighted by atomic mass is 9.92. The number of hydrogen-bond acceptors (Lipinski definition) is 4. The Kier molecular flexibility index (Phi) is 5.02. The number of carbonyl (C=O) groups is 1. The van der Waals surface area contributed by atoms with Gasteiger partial charge in [0.15, 0.2) is 0 Å². The molecule has 0 bridgehead atoms. The van der Waals surface area contributed by atoms with Crippen LogP contribution in [0.4, 0.5) is 4.39 Å². The minimum Gasteiger partial charge on any atom is -0.481 e. The van der Waals surface area contributed by atoms with E-state index in [1.54, 1.807) is 13.0 Å². The molecule has 2 atom stereocenters. The van der Waals surface area contributed by atoms with Gasteiger partial charge in [0.25, 0.3) is 0 Å². The number of carboxylic acids is 1. The molecule has 1 heterocycles. The molecule has 2 unspecified atom stereocenters. The van der Waals surface area contributed by atoms with E-state index in [1.807, 2.05) is 0 Å². The van der Waals surface area contributed by atoms with Gasteiger partial charge in [0, 0.05) is 13.1 Å². The number of halogens is 1. The number of carboxylic acid groups (broad SMARTS) is 1. The first-order chi connectivity index (χ1) is 10.7. The second-order valence-electron chi connectivity index (χ2n) is 5.86. The first-order valence-electron chi connectivity index (χ1n) is 7.12. The van der Waals surface area contributed by atoms with Crippen molar-refractivity contribution in [1.82, 2.24) is 4.31 Å². The van der Waals surface area contributed by atoms with Gasteiger partial charge in [0.2, 0.25) is 10.0 Å². The van der Waals surface area contributed by atoms with Crippen molar-refractivity contribution in [3.8, 4) is 6.07 Å². The first kappa shape index (κ1) is 17.4. The molecular formula is C15H17FN2O4S. The number of sulfonamides is 1. The van der Waals surface area contributed by atoms with E-state index in [9.17, 15) is 17.6 Å². The van der Waals surface area contributed by atoms with Crippen LogP contribution in [0.25, 0.3) is 0 Å². The summed E-state index contributed by atoms with van der Waals surface area (Å²) in [4.78, 5) is 11.2. The van der Waals surface area contributed by atoms with Crippen molar-refractivity contribution in [3.05, 3.63) is 35.1 Å². The molecule has 124 valence electrons. The molecule has 1 saturated heterocycles. The lowest BCUT2D eigenvalue weighted by molar-refractivity contribution is -0.143. The van der Waals surface area contributed by atoms with Crippen molar-refractivity contribution in [1.29, 1.82) is 5.26 Å². The van der Waals surface area contributed by atoms with Gasteiger partial charge in [-0.3, -0.25) is 4.79 Å². The van der Waals surface area contributed by atoms with Crippen LogP contribution in [0.3, 0.4) is 0 Å². The average Bonchev–Trinajstić information content (AvgIpc) is 2.48. The lowest BCUT2D eigenvalue weighted by Crippen LogP contribution is -2.45. The van der Waals surface area contributed by atoms with Crippen LogP contribution in [-0.4, -0.2) is 36.9 Å². The van der Waals surface area contributed by atoms with Gasteiger partial charge >= 0.3 is 5.97 Å². The number of rotatable bonds is 4. The van der Waals surface area contributed by atoms with Crippen LogP contribution >= 0.6 is 0 Å². The van der Waals surface area contributed by atoms with Gasteiger partial charge in [-0.15, -0.1) is 0 Å². The van der Waals surface area contributed by atoms with Crippen LogP contribution in [-0.2, 0) is 20.6 Å². The van der Waals surface area contributed by atoms with Gasteiger partial charge in [-0.05, 0) is 30.0 Å². The topological polar surface area (TPSA) is 98.5 Å². The molecule has 23 heavy (non-hydrogen) atoms. The fourth-order valence-electron chi connectivity index (χ4n) is 2.78. The Morgan fingerprint density at radius 3 is 2.78 bits per heavy atom. The molecule has 0 amide bonds. The molecule has 0 saturated carbocycles. The Morgan fingerprint density at radius 1 is 1.48 bits per heavy atom. The summed E-state index contributed by atoms with van der Waals surface area (Å²) in [6.07, 6.45) is 0.432. The summed E-state index contributed by atoms with van der Waals surface area (Å²) in [5.74, 6) is -2.88. The number of nitriles is 1. The van der Waals surface area contributed by atoms with Gasteiger partial charge in [-0.25, -0.2) is 17.1 Å². The third-order valence-corrected chi connectivity index (χ3v) is 5.66. The quantitative estimate of drug-likeness (QED) is 0.897. The number of nitrogens with zero attached hydrogens (tertiary/aromatic N) is 2. The van der Waals surface area contributed by atoms with Crippen LogP contribution in [0.15, 0.2) is 18.2 Å². The van der Waals surface area contributed by atoms with E-state index in [1.165, 1.54) is 6.07 Å². The molecule has 1 N–H and O–H groups in total. The second-order valence-corrected chi connectivity index (χ2v) is 7.83. The molecule has 0 aromatic heterocycles. The highest BCUT2D eigenvalue weighted by molar-refractivity contribution is 7.88. The molecule has 8 heteroatoms. The summed E-state index contributed by atoms with van der Waals surface area (Å²) in [6.45, 7) is 1.97. The van der Waals surface area contributed by atoms with Crippen LogP contribution in [0.5, 0.6) is 0 Å². The molecule has 1 aromatic carbocycles. The highest BCUT2D eigenvalue weighted by atomic mass is 32.2. The van der Waals surface area contributed by atoms with Crippen molar-refractivity contribution in [2.45, 2.75) is 19.1 Å². The summed E-state index contributed by atoms with van der Waals surface area (Å²) >= 11 is 0. The molecule has 0 aliphatic carbocycles. The molecule has 0 radical (unpaired) electrons. The number of aliphatic carboxylic acids is 1. The van der Waals surface area contributed by atoms with E-state index in [0.717, 1.165) is 16.4 Å². The van der Waals surface area contributed by atoms with Crippen LogP contribution in [0, 0.1) is 29.0 Å². The van der Waals surface area contributed by atoms with E-state index < -0.39 is 33.5 Å². The maximum Gasteiger partial charge on any atom is 0.307 e. The Hall–Kier alpha value is -1.98. The zero-order valence-corrected chi connectivity index (χ0v) is 13.4. The Labute approximate surface area is 134 Å². The summed E-state index contributed by atoms with van der Waals surface area (Å²) in [5, 5.41) is 18.1. The van der Waals surface area contributed by atoms with E-state index in [4.69, 9.17) is 10.4 Å². The molecule has 1 aliphatic rings. The molecule has 0 spiro atoms. The third kappa shape index (κ3) is 4.06. The minimum absolute atomic E-state index is 0.0339. The minimum atomic E-state index is -3.78. The fourth-order valence-corrected chi connectivity index (χ4v) is 4.49. The maximum absolute atomic E-state index is 13.1. The zero-order valence-electron chi connectivity index (χ0n) is 12.6. The summed E-state index contributed by atoms with van der Waals surface area (Å²) in [5.41, 5.74) is 0.174. The van der Waals surface area contributed by atoms with E-state index in [0.29, 0.717) is 6.42 Å². The maximum atomic E-state index is 13.1. The molecule has 1 aliphatic heterocycles. The van der Waals surface area contributed by atoms with E-state index >= 15 is 0 Å². The van der Waals surface area contributed by atoms with Gasteiger partial charge in [-0.1, -0.05) is 13.0 Å². The predicted molar refractivity (Wildman–Crippen MR) is 80.2 cm³/mol. The largest absolute Gasteiger partial charge is 0.481 e. The number of hydrogen-bond donors (Lipinski definition) is 1. The Bertz CT molecular complexity index is 757. The van der Waals surface area contributed by atoms with Crippen molar-refractivity contribution < 1.29 is 22.7 Å². The van der Waals surface area contributed by atoms with Crippen LogP contribution < -0.4 is 0 Å². The number of piperidine rings is 1. The van der Waals surface area contributed by atoms with Gasteiger partial charge in [-0.2, -0.15) is 5.26 Å². The molecule has 6 nitrogen and oxygen atoms in total. The van der Waals surface area contributed by atoms with Gasteiger partial charge < -0.3 is 5.11 Å². The summed E-state index contributed by atoms with van der Waals surface area (Å²) in [6, 6.07) is 5.14. The number of benzene rings is 1. The molecular weight excluding hydrogens is 323 g/mol. The summed E-state index contributed by atoms with van der Waals surface area (Å²) in [7, 11) is -3.78. The van der Waals surface area contributed by atoms with Crippen molar-refractivity contribution in [3.63, 3.8) is 0 Å².